The highest BCUT2D eigenvalue weighted by Gasteiger charge is 2.18. The van der Waals surface area contributed by atoms with Gasteiger partial charge in [-0.2, -0.15) is 0 Å². The topological polar surface area (TPSA) is 68.0 Å². The molecule has 2 N–H and O–H groups in total. The highest BCUT2D eigenvalue weighted by molar-refractivity contribution is 5.80. The molecule has 1 aliphatic heterocycles. The van der Waals surface area contributed by atoms with Gasteiger partial charge in [-0.3, -0.25) is 0 Å². The Labute approximate surface area is 166 Å². The Kier molecular flexibility index (Phi) is 7.55. The molecule has 0 bridgehead atoms. The quantitative estimate of drug-likeness (QED) is 0.395. The second-order valence-electron chi connectivity index (χ2n) is 6.81. The maximum atomic E-state index is 6.17. The number of rotatable bonds is 9. The van der Waals surface area contributed by atoms with E-state index < -0.39 is 0 Å². The summed E-state index contributed by atoms with van der Waals surface area (Å²) in [5, 5.41) is 6.59. The smallest absolute Gasteiger partial charge is 0.191 e. The summed E-state index contributed by atoms with van der Waals surface area (Å²) < 4.78 is 17.0. The lowest BCUT2D eigenvalue weighted by Crippen LogP contribution is -2.38. The molecule has 0 spiro atoms. The second kappa shape index (κ2) is 10.6. The van der Waals surface area contributed by atoms with Crippen LogP contribution in [0.1, 0.15) is 23.3 Å². The molecule has 0 saturated carbocycles. The standard InChI is InChI=1S/C22H29N3O3/c1-3-10-23-22(24-11-8-19-5-4-12-27-19)25-15-18-7-6-17(2)14-21(18)28-20-9-13-26-16-20/h3-7,12,14,20H,1,8-11,13,15-16H2,2H3,(H2,23,24,25). The van der Waals surface area contributed by atoms with Gasteiger partial charge in [0.15, 0.2) is 5.96 Å². The van der Waals surface area contributed by atoms with Crippen molar-refractivity contribution in [2.24, 2.45) is 4.99 Å². The molecular formula is C22H29N3O3. The number of aryl methyl sites for hydroxylation is 1. The number of ether oxygens (including phenoxy) is 2. The van der Waals surface area contributed by atoms with Crippen molar-refractivity contribution in [3.8, 4) is 5.75 Å². The second-order valence-corrected chi connectivity index (χ2v) is 6.81. The summed E-state index contributed by atoms with van der Waals surface area (Å²) in [6, 6.07) is 10.1. The van der Waals surface area contributed by atoms with Crippen molar-refractivity contribution in [1.29, 1.82) is 0 Å². The van der Waals surface area contributed by atoms with Crippen LogP contribution < -0.4 is 15.4 Å². The molecule has 3 rings (SSSR count). The number of nitrogens with zero attached hydrogens (tertiary/aromatic N) is 1. The van der Waals surface area contributed by atoms with Gasteiger partial charge in [-0.15, -0.1) is 6.58 Å². The molecule has 0 amide bonds. The Bertz CT molecular complexity index is 765. The first kappa shape index (κ1) is 20.0. The molecular weight excluding hydrogens is 354 g/mol. The van der Waals surface area contributed by atoms with Crippen LogP contribution in [0.3, 0.4) is 0 Å². The molecule has 28 heavy (non-hydrogen) atoms. The first-order valence-electron chi connectivity index (χ1n) is 9.74. The molecule has 1 atom stereocenters. The van der Waals surface area contributed by atoms with Crippen LogP contribution in [0.4, 0.5) is 0 Å². The molecule has 1 saturated heterocycles. The number of furan rings is 1. The minimum absolute atomic E-state index is 0.120. The predicted octanol–water partition coefficient (Wildman–Crippen LogP) is 3.22. The predicted molar refractivity (Wildman–Crippen MR) is 111 cm³/mol. The Morgan fingerprint density at radius 2 is 2.29 bits per heavy atom. The van der Waals surface area contributed by atoms with Gasteiger partial charge in [0.1, 0.15) is 17.6 Å². The molecule has 1 aromatic carbocycles. The van der Waals surface area contributed by atoms with Crippen LogP contribution in [0.2, 0.25) is 0 Å². The largest absolute Gasteiger partial charge is 0.488 e. The average Bonchev–Trinajstić information content (AvgIpc) is 3.39. The number of hydrogen-bond acceptors (Lipinski definition) is 4. The molecule has 1 aromatic heterocycles. The van der Waals surface area contributed by atoms with Crippen LogP contribution in [-0.2, 0) is 17.7 Å². The lowest BCUT2D eigenvalue weighted by Gasteiger charge is -2.16. The molecule has 6 heteroatoms. The molecule has 0 radical (unpaired) electrons. The zero-order chi connectivity index (χ0) is 19.6. The first-order chi connectivity index (χ1) is 13.7. The minimum Gasteiger partial charge on any atom is -0.488 e. The van der Waals surface area contributed by atoms with Crippen LogP contribution in [0.5, 0.6) is 5.75 Å². The van der Waals surface area contributed by atoms with Gasteiger partial charge in [0, 0.05) is 31.5 Å². The third kappa shape index (κ3) is 6.16. The molecule has 1 aliphatic rings. The lowest BCUT2D eigenvalue weighted by molar-refractivity contribution is 0.140. The van der Waals surface area contributed by atoms with E-state index in [1.165, 1.54) is 5.56 Å². The van der Waals surface area contributed by atoms with Crippen molar-refractivity contribution in [3.05, 3.63) is 66.1 Å². The summed E-state index contributed by atoms with van der Waals surface area (Å²) >= 11 is 0. The zero-order valence-corrected chi connectivity index (χ0v) is 16.4. The fraction of sp³-hybridized carbons (Fsp3) is 0.409. The Morgan fingerprint density at radius 3 is 3.04 bits per heavy atom. The highest BCUT2D eigenvalue weighted by atomic mass is 16.5. The van der Waals surface area contributed by atoms with Crippen molar-refractivity contribution < 1.29 is 13.9 Å². The van der Waals surface area contributed by atoms with E-state index in [0.717, 1.165) is 49.0 Å². The summed E-state index contributed by atoms with van der Waals surface area (Å²) in [4.78, 5) is 4.72. The SMILES string of the molecule is C=CCNC(=NCc1ccc(C)cc1OC1CCOC1)NCCc1ccco1. The van der Waals surface area contributed by atoms with E-state index in [1.54, 1.807) is 6.26 Å². The van der Waals surface area contributed by atoms with Crippen LogP contribution in [0.15, 0.2) is 58.7 Å². The monoisotopic (exact) mass is 383 g/mol. The van der Waals surface area contributed by atoms with Gasteiger partial charge in [-0.25, -0.2) is 4.99 Å². The molecule has 1 fully saturated rings. The number of hydrogen-bond donors (Lipinski definition) is 2. The van der Waals surface area contributed by atoms with E-state index in [9.17, 15) is 0 Å². The van der Waals surface area contributed by atoms with Crippen molar-refractivity contribution in [2.75, 3.05) is 26.3 Å². The van der Waals surface area contributed by atoms with E-state index in [0.29, 0.717) is 19.7 Å². The first-order valence-corrected chi connectivity index (χ1v) is 9.74. The summed E-state index contributed by atoms with van der Waals surface area (Å²) in [7, 11) is 0. The summed E-state index contributed by atoms with van der Waals surface area (Å²) in [5.41, 5.74) is 2.23. The van der Waals surface area contributed by atoms with Crippen molar-refractivity contribution >= 4 is 5.96 Å². The fourth-order valence-corrected chi connectivity index (χ4v) is 2.95. The van der Waals surface area contributed by atoms with Gasteiger partial charge < -0.3 is 24.5 Å². The summed E-state index contributed by atoms with van der Waals surface area (Å²) in [5.74, 6) is 2.57. The molecule has 2 aromatic rings. The van der Waals surface area contributed by atoms with Crippen molar-refractivity contribution in [1.82, 2.24) is 10.6 Å². The number of aliphatic imine (C=N–C) groups is 1. The van der Waals surface area contributed by atoms with Crippen LogP contribution in [0.25, 0.3) is 0 Å². The number of nitrogens with one attached hydrogen (secondary N) is 2. The number of benzene rings is 1. The van der Waals surface area contributed by atoms with Crippen molar-refractivity contribution in [3.63, 3.8) is 0 Å². The van der Waals surface area contributed by atoms with Crippen LogP contribution in [-0.4, -0.2) is 38.4 Å². The third-order valence-electron chi connectivity index (χ3n) is 4.47. The van der Waals surface area contributed by atoms with E-state index in [1.807, 2.05) is 18.2 Å². The van der Waals surface area contributed by atoms with Gasteiger partial charge in [-0.1, -0.05) is 18.2 Å². The Balaban J connectivity index is 1.63. The van der Waals surface area contributed by atoms with Crippen LogP contribution in [0, 0.1) is 6.92 Å². The molecule has 2 heterocycles. The third-order valence-corrected chi connectivity index (χ3v) is 4.47. The Morgan fingerprint density at radius 1 is 1.36 bits per heavy atom. The normalized spacial score (nSPS) is 16.8. The molecule has 1 unspecified atom stereocenters. The van der Waals surface area contributed by atoms with E-state index in [4.69, 9.17) is 18.9 Å². The zero-order valence-electron chi connectivity index (χ0n) is 16.4. The average molecular weight is 383 g/mol. The summed E-state index contributed by atoms with van der Waals surface area (Å²) in [6.07, 6.45) is 5.34. The van der Waals surface area contributed by atoms with Crippen LogP contribution >= 0.6 is 0 Å². The minimum atomic E-state index is 0.120. The fourth-order valence-electron chi connectivity index (χ4n) is 2.95. The maximum absolute atomic E-state index is 6.17. The maximum Gasteiger partial charge on any atom is 0.191 e. The summed E-state index contributed by atoms with van der Waals surface area (Å²) in [6.45, 7) is 9.14. The van der Waals surface area contributed by atoms with Gasteiger partial charge in [0.2, 0.25) is 0 Å². The Hall–Kier alpha value is -2.73. The molecule has 0 aliphatic carbocycles. The van der Waals surface area contributed by atoms with E-state index in [-0.39, 0.29) is 6.10 Å². The van der Waals surface area contributed by atoms with E-state index >= 15 is 0 Å². The van der Waals surface area contributed by atoms with Crippen molar-refractivity contribution in [2.45, 2.75) is 32.4 Å². The molecule has 6 nitrogen and oxygen atoms in total. The van der Waals surface area contributed by atoms with E-state index in [2.05, 4.69) is 42.3 Å². The highest BCUT2D eigenvalue weighted by Crippen LogP contribution is 2.24. The number of guanidine groups is 1. The van der Waals surface area contributed by atoms with Gasteiger partial charge >= 0.3 is 0 Å². The van der Waals surface area contributed by atoms with Gasteiger partial charge in [-0.05, 0) is 30.7 Å². The van der Waals surface area contributed by atoms with Gasteiger partial charge in [0.05, 0.1) is 26.0 Å². The van der Waals surface area contributed by atoms with Gasteiger partial charge in [0.25, 0.3) is 0 Å². The molecule has 150 valence electrons. The lowest BCUT2D eigenvalue weighted by atomic mass is 10.1.